The van der Waals surface area contributed by atoms with Gasteiger partial charge in [-0.2, -0.15) is 0 Å². The summed E-state index contributed by atoms with van der Waals surface area (Å²) < 4.78 is 0. The minimum Gasteiger partial charge on any atom is -0.465 e. The standard InChI is InChI=1S/C8H7N3O2/c12-8(13)11-6-4-10-7-5(6)2-1-3-9-7/h1-4,11H,(H,9,10)(H,12,13). The van der Waals surface area contributed by atoms with E-state index in [-0.39, 0.29) is 0 Å². The average Bonchev–Trinajstić information content (AvgIpc) is 2.48. The van der Waals surface area contributed by atoms with Gasteiger partial charge in [-0.15, -0.1) is 0 Å². The number of aromatic amines is 1. The molecule has 2 heterocycles. The van der Waals surface area contributed by atoms with Crippen molar-refractivity contribution in [3.8, 4) is 0 Å². The first kappa shape index (κ1) is 7.60. The molecule has 0 bridgehead atoms. The van der Waals surface area contributed by atoms with E-state index >= 15 is 0 Å². The Morgan fingerprint density at radius 3 is 3.23 bits per heavy atom. The van der Waals surface area contributed by atoms with E-state index in [2.05, 4.69) is 15.3 Å². The van der Waals surface area contributed by atoms with E-state index in [0.717, 1.165) is 5.39 Å². The van der Waals surface area contributed by atoms with Gasteiger partial charge in [-0.3, -0.25) is 5.32 Å². The van der Waals surface area contributed by atoms with Crippen LogP contribution in [-0.2, 0) is 0 Å². The number of amides is 1. The van der Waals surface area contributed by atoms with Gasteiger partial charge in [-0.1, -0.05) is 0 Å². The summed E-state index contributed by atoms with van der Waals surface area (Å²) in [6.45, 7) is 0. The van der Waals surface area contributed by atoms with Crippen molar-refractivity contribution in [3.05, 3.63) is 24.5 Å². The molecule has 0 fully saturated rings. The number of aromatic nitrogens is 2. The zero-order valence-corrected chi connectivity index (χ0v) is 6.61. The van der Waals surface area contributed by atoms with Crippen molar-refractivity contribution in [2.45, 2.75) is 0 Å². The highest BCUT2D eigenvalue weighted by atomic mass is 16.4. The van der Waals surface area contributed by atoms with Crippen LogP contribution >= 0.6 is 0 Å². The number of carboxylic acid groups (broad SMARTS) is 1. The van der Waals surface area contributed by atoms with Gasteiger partial charge in [0.1, 0.15) is 5.65 Å². The fraction of sp³-hybridized carbons (Fsp3) is 0. The van der Waals surface area contributed by atoms with Crippen molar-refractivity contribution in [2.75, 3.05) is 5.32 Å². The number of nitrogens with zero attached hydrogens (tertiary/aromatic N) is 1. The zero-order valence-electron chi connectivity index (χ0n) is 6.61. The minimum atomic E-state index is -1.08. The molecule has 0 radical (unpaired) electrons. The van der Waals surface area contributed by atoms with Crippen molar-refractivity contribution in [1.82, 2.24) is 9.97 Å². The molecule has 2 aromatic rings. The van der Waals surface area contributed by atoms with E-state index in [1.165, 1.54) is 0 Å². The second kappa shape index (κ2) is 2.78. The Bertz CT molecular complexity index is 449. The maximum atomic E-state index is 10.4. The van der Waals surface area contributed by atoms with Crippen LogP contribution < -0.4 is 5.32 Å². The molecule has 5 heteroatoms. The van der Waals surface area contributed by atoms with E-state index < -0.39 is 6.09 Å². The summed E-state index contributed by atoms with van der Waals surface area (Å²) >= 11 is 0. The molecule has 0 unspecified atom stereocenters. The smallest absolute Gasteiger partial charge is 0.409 e. The van der Waals surface area contributed by atoms with Crippen LogP contribution in [0.3, 0.4) is 0 Å². The first-order valence-corrected chi connectivity index (χ1v) is 3.69. The number of carbonyl (C=O) groups is 1. The summed E-state index contributed by atoms with van der Waals surface area (Å²) in [7, 11) is 0. The highest BCUT2D eigenvalue weighted by Gasteiger charge is 2.05. The topological polar surface area (TPSA) is 78.0 Å². The third-order valence-electron chi connectivity index (χ3n) is 1.69. The molecule has 2 aromatic heterocycles. The molecule has 0 atom stereocenters. The number of pyridine rings is 1. The fourth-order valence-corrected chi connectivity index (χ4v) is 1.17. The Kier molecular flexibility index (Phi) is 1.63. The highest BCUT2D eigenvalue weighted by Crippen LogP contribution is 2.20. The highest BCUT2D eigenvalue weighted by molar-refractivity contribution is 5.97. The van der Waals surface area contributed by atoms with Gasteiger partial charge in [-0.05, 0) is 12.1 Å². The molecule has 5 nitrogen and oxygen atoms in total. The Hall–Kier alpha value is -2.04. The molecule has 0 aliphatic carbocycles. The lowest BCUT2D eigenvalue weighted by molar-refractivity contribution is 0.210. The van der Waals surface area contributed by atoms with Crippen molar-refractivity contribution in [1.29, 1.82) is 0 Å². The Labute approximate surface area is 73.4 Å². The number of hydrogen-bond acceptors (Lipinski definition) is 2. The van der Waals surface area contributed by atoms with Crippen LogP contribution in [0.5, 0.6) is 0 Å². The van der Waals surface area contributed by atoms with Crippen LogP contribution in [0.4, 0.5) is 10.5 Å². The summed E-state index contributed by atoms with van der Waals surface area (Å²) in [6, 6.07) is 3.55. The maximum Gasteiger partial charge on any atom is 0.409 e. The van der Waals surface area contributed by atoms with Crippen LogP contribution in [-0.4, -0.2) is 21.2 Å². The molecule has 0 aliphatic heterocycles. The second-order valence-electron chi connectivity index (χ2n) is 2.53. The van der Waals surface area contributed by atoms with Gasteiger partial charge >= 0.3 is 6.09 Å². The first-order valence-electron chi connectivity index (χ1n) is 3.69. The van der Waals surface area contributed by atoms with Gasteiger partial charge < -0.3 is 10.1 Å². The van der Waals surface area contributed by atoms with Gasteiger partial charge in [0.2, 0.25) is 0 Å². The van der Waals surface area contributed by atoms with E-state index in [1.54, 1.807) is 24.5 Å². The molecule has 66 valence electrons. The predicted molar refractivity (Wildman–Crippen MR) is 47.7 cm³/mol. The van der Waals surface area contributed by atoms with E-state index in [0.29, 0.717) is 11.3 Å². The van der Waals surface area contributed by atoms with E-state index in [9.17, 15) is 4.79 Å². The quantitative estimate of drug-likeness (QED) is 0.619. The number of rotatable bonds is 1. The van der Waals surface area contributed by atoms with Crippen molar-refractivity contribution in [3.63, 3.8) is 0 Å². The average molecular weight is 177 g/mol. The number of hydrogen-bond donors (Lipinski definition) is 3. The molecule has 0 spiro atoms. The molecule has 0 saturated heterocycles. The molecule has 3 N–H and O–H groups in total. The number of anilines is 1. The van der Waals surface area contributed by atoms with Crippen LogP contribution in [0.2, 0.25) is 0 Å². The first-order chi connectivity index (χ1) is 6.27. The van der Waals surface area contributed by atoms with Gasteiger partial charge in [0.05, 0.1) is 5.69 Å². The lowest BCUT2D eigenvalue weighted by Crippen LogP contribution is -2.06. The lowest BCUT2D eigenvalue weighted by atomic mass is 10.3. The maximum absolute atomic E-state index is 10.4. The lowest BCUT2D eigenvalue weighted by Gasteiger charge is -1.95. The molecule has 1 amide bonds. The van der Waals surface area contributed by atoms with Crippen LogP contribution in [0.15, 0.2) is 24.5 Å². The minimum absolute atomic E-state index is 0.524. The molecular weight excluding hydrogens is 170 g/mol. The number of nitrogens with one attached hydrogen (secondary N) is 2. The third kappa shape index (κ3) is 1.31. The predicted octanol–water partition coefficient (Wildman–Crippen LogP) is 1.65. The normalized spacial score (nSPS) is 10.2. The van der Waals surface area contributed by atoms with Crippen LogP contribution in [0, 0.1) is 0 Å². The molecule has 0 aliphatic rings. The van der Waals surface area contributed by atoms with Crippen LogP contribution in [0.1, 0.15) is 0 Å². The summed E-state index contributed by atoms with van der Waals surface area (Å²) in [5, 5.41) is 11.5. The van der Waals surface area contributed by atoms with Gasteiger partial charge in [0.15, 0.2) is 0 Å². The molecule has 13 heavy (non-hydrogen) atoms. The monoisotopic (exact) mass is 177 g/mol. The largest absolute Gasteiger partial charge is 0.465 e. The summed E-state index contributed by atoms with van der Waals surface area (Å²) in [5.74, 6) is 0. The third-order valence-corrected chi connectivity index (χ3v) is 1.69. The Morgan fingerprint density at radius 1 is 1.62 bits per heavy atom. The summed E-state index contributed by atoms with van der Waals surface area (Å²) in [4.78, 5) is 17.2. The molecular formula is C8H7N3O2. The SMILES string of the molecule is O=C(O)Nc1c[nH]c2ncccc12. The van der Waals surface area contributed by atoms with Crippen molar-refractivity contribution >= 4 is 22.8 Å². The Morgan fingerprint density at radius 2 is 2.46 bits per heavy atom. The van der Waals surface area contributed by atoms with Crippen molar-refractivity contribution in [2.24, 2.45) is 0 Å². The summed E-state index contributed by atoms with van der Waals surface area (Å²) in [6.07, 6.45) is 2.14. The zero-order chi connectivity index (χ0) is 9.26. The number of H-pyrrole nitrogens is 1. The fourth-order valence-electron chi connectivity index (χ4n) is 1.17. The van der Waals surface area contributed by atoms with E-state index in [4.69, 9.17) is 5.11 Å². The molecule has 0 aromatic carbocycles. The number of fused-ring (bicyclic) bond motifs is 1. The van der Waals surface area contributed by atoms with Crippen molar-refractivity contribution < 1.29 is 9.90 Å². The molecule has 0 saturated carbocycles. The van der Waals surface area contributed by atoms with Gasteiger partial charge in [-0.25, -0.2) is 9.78 Å². The van der Waals surface area contributed by atoms with Gasteiger partial charge in [0, 0.05) is 17.8 Å². The summed E-state index contributed by atoms with van der Waals surface area (Å²) in [5.41, 5.74) is 1.20. The van der Waals surface area contributed by atoms with Gasteiger partial charge in [0.25, 0.3) is 0 Å². The van der Waals surface area contributed by atoms with E-state index in [1.807, 2.05) is 0 Å². The van der Waals surface area contributed by atoms with Crippen LogP contribution in [0.25, 0.3) is 11.0 Å². The molecule has 2 rings (SSSR count). The second-order valence-corrected chi connectivity index (χ2v) is 2.53. The Balaban J connectivity index is 2.51.